The van der Waals surface area contributed by atoms with Crippen LogP contribution in [0.1, 0.15) is 24.7 Å². The molecule has 0 unspecified atom stereocenters. The first-order chi connectivity index (χ1) is 10.8. The molecule has 0 spiro atoms. The molecule has 0 aliphatic heterocycles. The number of rotatable bonds is 6. The fourth-order valence-corrected chi connectivity index (χ4v) is 2.80. The molecule has 0 aliphatic rings. The molecule has 114 valence electrons. The third-order valence-electron chi connectivity index (χ3n) is 3.89. The van der Waals surface area contributed by atoms with Crippen molar-refractivity contribution in [1.29, 1.82) is 0 Å². The molecule has 3 rings (SSSR count). The van der Waals surface area contributed by atoms with Crippen molar-refractivity contribution >= 4 is 0 Å². The number of imidazole rings is 1. The number of aromatic nitrogens is 4. The maximum Gasteiger partial charge on any atom is 0.0956 e. The van der Waals surface area contributed by atoms with Gasteiger partial charge in [0, 0.05) is 30.5 Å². The Bertz CT molecular complexity index is 725. The number of benzene rings is 1. The zero-order valence-electron chi connectivity index (χ0n) is 13.2. The highest BCUT2D eigenvalue weighted by Crippen LogP contribution is 2.22. The highest BCUT2D eigenvalue weighted by atomic mass is 15.3. The summed E-state index contributed by atoms with van der Waals surface area (Å²) in [5.74, 6) is 0. The van der Waals surface area contributed by atoms with E-state index in [1.165, 1.54) is 11.3 Å². The van der Waals surface area contributed by atoms with Gasteiger partial charge in [0.05, 0.1) is 17.7 Å². The average molecular weight is 294 g/mol. The third kappa shape index (κ3) is 3.11. The summed E-state index contributed by atoms with van der Waals surface area (Å²) in [5, 5.41) is 4.43. The summed E-state index contributed by atoms with van der Waals surface area (Å²) in [6, 6.07) is 12.5. The molecular formula is C18H22N4. The summed E-state index contributed by atoms with van der Waals surface area (Å²) in [4.78, 5) is 4.63. The van der Waals surface area contributed by atoms with Crippen molar-refractivity contribution < 1.29 is 0 Å². The van der Waals surface area contributed by atoms with E-state index in [0.29, 0.717) is 0 Å². The SMILES string of the molecule is CCc1c(-c2ccccc2)ncn1CCCn1ccc(C)n1. The van der Waals surface area contributed by atoms with E-state index in [0.717, 1.165) is 37.3 Å². The second-order valence-electron chi connectivity index (χ2n) is 5.53. The first-order valence-corrected chi connectivity index (χ1v) is 7.87. The van der Waals surface area contributed by atoms with Gasteiger partial charge in [0.25, 0.3) is 0 Å². The summed E-state index contributed by atoms with van der Waals surface area (Å²) >= 11 is 0. The Labute approximate surface area is 131 Å². The molecule has 4 heteroatoms. The second-order valence-corrected chi connectivity index (χ2v) is 5.53. The molecular weight excluding hydrogens is 272 g/mol. The quantitative estimate of drug-likeness (QED) is 0.695. The first-order valence-electron chi connectivity index (χ1n) is 7.87. The minimum Gasteiger partial charge on any atom is -0.334 e. The largest absolute Gasteiger partial charge is 0.334 e. The average Bonchev–Trinajstić information content (AvgIpc) is 3.14. The molecule has 2 heterocycles. The summed E-state index contributed by atoms with van der Waals surface area (Å²) in [7, 11) is 0. The highest BCUT2D eigenvalue weighted by Gasteiger charge is 2.10. The van der Waals surface area contributed by atoms with Crippen molar-refractivity contribution in [2.45, 2.75) is 39.8 Å². The molecule has 0 aliphatic carbocycles. The Kier molecular flexibility index (Phi) is 4.37. The molecule has 3 aromatic rings. The Hall–Kier alpha value is -2.36. The smallest absolute Gasteiger partial charge is 0.0956 e. The predicted octanol–water partition coefficient (Wildman–Crippen LogP) is 3.71. The molecule has 4 nitrogen and oxygen atoms in total. The summed E-state index contributed by atoms with van der Waals surface area (Å²) < 4.78 is 4.29. The number of nitrogens with zero attached hydrogens (tertiary/aromatic N) is 4. The van der Waals surface area contributed by atoms with Crippen LogP contribution in [-0.4, -0.2) is 19.3 Å². The summed E-state index contributed by atoms with van der Waals surface area (Å²) in [6.45, 7) is 6.13. The molecule has 0 bridgehead atoms. The highest BCUT2D eigenvalue weighted by molar-refractivity contribution is 5.61. The van der Waals surface area contributed by atoms with E-state index in [1.54, 1.807) is 0 Å². The van der Waals surface area contributed by atoms with Gasteiger partial charge in [-0.2, -0.15) is 5.10 Å². The van der Waals surface area contributed by atoms with Crippen molar-refractivity contribution in [2.75, 3.05) is 0 Å². The maximum absolute atomic E-state index is 4.63. The molecule has 22 heavy (non-hydrogen) atoms. The Morgan fingerprint density at radius 3 is 2.55 bits per heavy atom. The molecule has 0 radical (unpaired) electrons. The van der Waals surface area contributed by atoms with Crippen molar-refractivity contribution in [1.82, 2.24) is 19.3 Å². The second kappa shape index (κ2) is 6.60. The lowest BCUT2D eigenvalue weighted by Crippen LogP contribution is -2.06. The lowest BCUT2D eigenvalue weighted by molar-refractivity contribution is 0.517. The molecule has 0 saturated carbocycles. The molecule has 0 amide bonds. The predicted molar refractivity (Wildman–Crippen MR) is 88.6 cm³/mol. The van der Waals surface area contributed by atoms with Gasteiger partial charge in [0.2, 0.25) is 0 Å². The van der Waals surface area contributed by atoms with Crippen molar-refractivity contribution in [3.8, 4) is 11.3 Å². The van der Waals surface area contributed by atoms with Gasteiger partial charge in [-0.15, -0.1) is 0 Å². The Morgan fingerprint density at radius 2 is 1.86 bits per heavy atom. The lowest BCUT2D eigenvalue weighted by Gasteiger charge is -2.08. The minimum absolute atomic E-state index is 0.940. The van der Waals surface area contributed by atoms with Gasteiger partial charge in [-0.1, -0.05) is 37.3 Å². The van der Waals surface area contributed by atoms with E-state index >= 15 is 0 Å². The van der Waals surface area contributed by atoms with Crippen LogP contribution in [0, 0.1) is 6.92 Å². The number of aryl methyl sites for hydroxylation is 3. The molecule has 0 N–H and O–H groups in total. The monoisotopic (exact) mass is 294 g/mol. The molecule has 1 aromatic carbocycles. The first kappa shape index (κ1) is 14.6. The van der Waals surface area contributed by atoms with Crippen molar-refractivity contribution in [3.63, 3.8) is 0 Å². The normalized spacial score (nSPS) is 11.0. The van der Waals surface area contributed by atoms with E-state index in [-0.39, 0.29) is 0 Å². The Balaban J connectivity index is 1.70. The topological polar surface area (TPSA) is 35.6 Å². The third-order valence-corrected chi connectivity index (χ3v) is 3.89. The van der Waals surface area contributed by atoms with Gasteiger partial charge in [-0.3, -0.25) is 4.68 Å². The fraction of sp³-hybridized carbons (Fsp3) is 0.333. The van der Waals surface area contributed by atoms with E-state index in [9.17, 15) is 0 Å². The Morgan fingerprint density at radius 1 is 1.05 bits per heavy atom. The van der Waals surface area contributed by atoms with Gasteiger partial charge in [0.1, 0.15) is 0 Å². The van der Waals surface area contributed by atoms with Gasteiger partial charge >= 0.3 is 0 Å². The van der Waals surface area contributed by atoms with Crippen LogP contribution in [-0.2, 0) is 19.5 Å². The summed E-state index contributed by atoms with van der Waals surface area (Å²) in [5.41, 5.74) is 4.69. The van der Waals surface area contributed by atoms with E-state index in [4.69, 9.17) is 0 Å². The van der Waals surface area contributed by atoms with E-state index in [1.807, 2.05) is 36.3 Å². The van der Waals surface area contributed by atoms with Crippen molar-refractivity contribution in [2.24, 2.45) is 0 Å². The van der Waals surface area contributed by atoms with E-state index < -0.39 is 0 Å². The zero-order valence-corrected chi connectivity index (χ0v) is 13.2. The zero-order chi connectivity index (χ0) is 15.4. The molecule has 2 aromatic heterocycles. The van der Waals surface area contributed by atoms with Crippen LogP contribution in [0.15, 0.2) is 48.9 Å². The molecule has 0 saturated heterocycles. The summed E-state index contributed by atoms with van der Waals surface area (Å²) in [6.07, 6.45) is 6.05. The van der Waals surface area contributed by atoms with Gasteiger partial charge in [-0.25, -0.2) is 4.98 Å². The van der Waals surface area contributed by atoms with Crippen LogP contribution < -0.4 is 0 Å². The van der Waals surface area contributed by atoms with Gasteiger partial charge < -0.3 is 4.57 Å². The van der Waals surface area contributed by atoms with Crippen LogP contribution in [0.4, 0.5) is 0 Å². The minimum atomic E-state index is 0.940. The van der Waals surface area contributed by atoms with Gasteiger partial charge in [0.15, 0.2) is 0 Å². The van der Waals surface area contributed by atoms with Crippen LogP contribution in [0.3, 0.4) is 0 Å². The molecule has 0 fully saturated rings. The number of hydrogen-bond donors (Lipinski definition) is 0. The van der Waals surface area contributed by atoms with E-state index in [2.05, 4.69) is 45.8 Å². The molecule has 0 atom stereocenters. The van der Waals surface area contributed by atoms with Crippen molar-refractivity contribution in [3.05, 3.63) is 60.3 Å². The van der Waals surface area contributed by atoms with Gasteiger partial charge in [-0.05, 0) is 25.8 Å². The van der Waals surface area contributed by atoms with Crippen LogP contribution in [0.5, 0.6) is 0 Å². The van der Waals surface area contributed by atoms with Crippen LogP contribution >= 0.6 is 0 Å². The maximum atomic E-state index is 4.63. The number of hydrogen-bond acceptors (Lipinski definition) is 2. The van der Waals surface area contributed by atoms with Crippen LogP contribution in [0.2, 0.25) is 0 Å². The lowest BCUT2D eigenvalue weighted by atomic mass is 10.1. The fourth-order valence-electron chi connectivity index (χ4n) is 2.80. The van der Waals surface area contributed by atoms with Crippen LogP contribution in [0.25, 0.3) is 11.3 Å². The standard InChI is InChI=1S/C18H22N4/c1-3-17-18(16-8-5-4-6-9-16)19-14-21(17)11-7-12-22-13-10-15(2)20-22/h4-6,8-10,13-14H,3,7,11-12H2,1-2H3.